The van der Waals surface area contributed by atoms with E-state index in [1.54, 1.807) is 0 Å². The van der Waals surface area contributed by atoms with Crippen LogP contribution < -0.4 is 0 Å². The Morgan fingerprint density at radius 2 is 1.00 bits per heavy atom. The van der Waals surface area contributed by atoms with E-state index in [1.807, 2.05) is 0 Å². The number of rotatable bonds is 0. The maximum absolute atomic E-state index is 2.56. The number of hydrogen-bond donors (Lipinski definition) is 0. The molecular weight excluding hydrogens is 156 g/mol. The van der Waals surface area contributed by atoms with Gasteiger partial charge in [0, 0.05) is 0 Å². The molecule has 0 N–H and O–H groups in total. The predicted octanol–water partition coefficient (Wildman–Crippen LogP) is 3.86. The average Bonchev–Trinajstić information content (AvgIpc) is 2.29. The van der Waals surface area contributed by atoms with Crippen LogP contribution >= 0.6 is 0 Å². The van der Waals surface area contributed by atoms with Crippen LogP contribution in [-0.4, -0.2) is 0 Å². The first kappa shape index (κ1) is 8.32. The second kappa shape index (κ2) is 1.85. The zero-order valence-corrected chi connectivity index (χ0v) is 9.48. The molecule has 0 nitrogen and oxygen atoms in total. The van der Waals surface area contributed by atoms with Crippen molar-refractivity contribution in [1.82, 2.24) is 0 Å². The van der Waals surface area contributed by atoms with Crippen molar-refractivity contribution >= 4 is 0 Å². The summed E-state index contributed by atoms with van der Waals surface area (Å²) in [5.41, 5.74) is 2.10. The molecule has 0 saturated heterocycles. The molecule has 0 aromatic heterocycles. The lowest BCUT2D eigenvalue weighted by Crippen LogP contribution is -2.36. The van der Waals surface area contributed by atoms with E-state index in [-0.39, 0.29) is 0 Å². The summed E-state index contributed by atoms with van der Waals surface area (Å²) in [6.45, 7) is 10.2. The minimum absolute atomic E-state index is 0.662. The van der Waals surface area contributed by atoms with Crippen LogP contribution in [0.4, 0.5) is 0 Å². The Labute approximate surface area is 82.1 Å². The molecule has 4 saturated carbocycles. The largest absolute Gasteiger partial charge is 0.0594 e. The third-order valence-electron chi connectivity index (χ3n) is 6.35. The molecule has 0 atom stereocenters. The number of hydrogen-bond acceptors (Lipinski definition) is 0. The summed E-state index contributed by atoms with van der Waals surface area (Å²) in [5.74, 6) is 2.07. The monoisotopic (exact) mass is 178 g/mol. The summed E-state index contributed by atoms with van der Waals surface area (Å²) in [7, 11) is 0. The van der Waals surface area contributed by atoms with Crippen molar-refractivity contribution < 1.29 is 0 Å². The van der Waals surface area contributed by atoms with Crippen LogP contribution in [0, 0.1) is 28.1 Å². The van der Waals surface area contributed by atoms with Gasteiger partial charge in [-0.3, -0.25) is 0 Å². The maximum atomic E-state index is 2.56. The van der Waals surface area contributed by atoms with Crippen molar-refractivity contribution in [3.63, 3.8) is 0 Å². The van der Waals surface area contributed by atoms with E-state index in [0.717, 1.165) is 22.7 Å². The van der Waals surface area contributed by atoms with Gasteiger partial charge in [-0.2, -0.15) is 0 Å². The third kappa shape index (κ3) is 0.714. The summed E-state index contributed by atoms with van der Waals surface area (Å²) >= 11 is 0. The molecule has 74 valence electrons. The van der Waals surface area contributed by atoms with E-state index in [1.165, 1.54) is 25.7 Å². The van der Waals surface area contributed by atoms with Crippen LogP contribution in [0.5, 0.6) is 0 Å². The van der Waals surface area contributed by atoms with Crippen molar-refractivity contribution in [1.29, 1.82) is 0 Å². The molecule has 4 aliphatic carbocycles. The maximum Gasteiger partial charge on any atom is -0.0266 e. The van der Waals surface area contributed by atoms with Crippen LogP contribution in [0.2, 0.25) is 0 Å². The lowest BCUT2D eigenvalue weighted by Gasteiger charge is -2.45. The lowest BCUT2D eigenvalue weighted by atomic mass is 9.60. The second-order valence-electron chi connectivity index (χ2n) is 7.15. The first-order chi connectivity index (χ1) is 5.87. The van der Waals surface area contributed by atoms with Crippen LogP contribution in [0.15, 0.2) is 0 Å². The van der Waals surface area contributed by atoms with Crippen LogP contribution in [0.25, 0.3) is 0 Å². The molecule has 4 fully saturated rings. The molecule has 0 heteroatoms. The topological polar surface area (TPSA) is 0 Å². The van der Waals surface area contributed by atoms with E-state index < -0.39 is 0 Å². The fraction of sp³-hybridized carbons (Fsp3) is 1.00. The fourth-order valence-electron chi connectivity index (χ4n) is 4.86. The first-order valence-corrected chi connectivity index (χ1v) is 5.87. The quantitative estimate of drug-likeness (QED) is 0.528. The van der Waals surface area contributed by atoms with E-state index in [0.29, 0.717) is 5.41 Å². The van der Waals surface area contributed by atoms with Crippen LogP contribution in [-0.2, 0) is 0 Å². The Morgan fingerprint density at radius 3 is 1.31 bits per heavy atom. The van der Waals surface area contributed by atoms with Gasteiger partial charge in [0.2, 0.25) is 0 Å². The SMILES string of the molecule is CC1(C)C2CC3(C)CC1CC3(C)C2. The highest BCUT2D eigenvalue weighted by atomic mass is 14.7. The smallest absolute Gasteiger partial charge is 0.0266 e. The first-order valence-electron chi connectivity index (χ1n) is 5.87. The van der Waals surface area contributed by atoms with Crippen LogP contribution in [0.1, 0.15) is 53.4 Å². The van der Waals surface area contributed by atoms with Gasteiger partial charge >= 0.3 is 0 Å². The Hall–Kier alpha value is 0. The van der Waals surface area contributed by atoms with Gasteiger partial charge in [0.15, 0.2) is 0 Å². The molecule has 0 aromatic carbocycles. The Bertz CT molecular complexity index is 223. The fourth-order valence-corrected chi connectivity index (χ4v) is 4.86. The lowest BCUT2D eigenvalue weighted by molar-refractivity contribution is 0.0459. The molecule has 4 aliphatic rings. The van der Waals surface area contributed by atoms with Crippen molar-refractivity contribution in [3.8, 4) is 0 Å². The molecule has 0 spiro atoms. The van der Waals surface area contributed by atoms with Gasteiger partial charge in [-0.25, -0.2) is 0 Å². The molecule has 13 heavy (non-hydrogen) atoms. The van der Waals surface area contributed by atoms with Gasteiger partial charge in [-0.1, -0.05) is 27.7 Å². The highest BCUT2D eigenvalue weighted by molar-refractivity contribution is 5.17. The minimum Gasteiger partial charge on any atom is -0.0594 e. The van der Waals surface area contributed by atoms with Crippen LogP contribution in [0.3, 0.4) is 0 Å². The Morgan fingerprint density at radius 1 is 0.692 bits per heavy atom. The highest BCUT2D eigenvalue weighted by Crippen LogP contribution is 2.76. The Kier molecular flexibility index (Phi) is 1.19. The van der Waals surface area contributed by atoms with E-state index in [9.17, 15) is 0 Å². The predicted molar refractivity (Wildman–Crippen MR) is 55.4 cm³/mol. The highest BCUT2D eigenvalue weighted by Gasteiger charge is 2.67. The van der Waals surface area contributed by atoms with Gasteiger partial charge in [-0.05, 0) is 53.8 Å². The zero-order chi connectivity index (χ0) is 9.48. The van der Waals surface area contributed by atoms with Gasteiger partial charge in [-0.15, -0.1) is 0 Å². The van der Waals surface area contributed by atoms with Gasteiger partial charge in [0.05, 0.1) is 0 Å². The molecule has 4 bridgehead atoms. The summed E-state index contributed by atoms with van der Waals surface area (Å²) in [6, 6.07) is 0. The minimum atomic E-state index is 0.662. The van der Waals surface area contributed by atoms with E-state index in [4.69, 9.17) is 0 Å². The van der Waals surface area contributed by atoms with Gasteiger partial charge in [0.25, 0.3) is 0 Å². The zero-order valence-electron chi connectivity index (χ0n) is 9.48. The van der Waals surface area contributed by atoms with E-state index >= 15 is 0 Å². The molecule has 4 rings (SSSR count). The second-order valence-corrected chi connectivity index (χ2v) is 7.15. The summed E-state index contributed by atoms with van der Waals surface area (Å²) in [6.07, 6.45) is 6.08. The summed E-state index contributed by atoms with van der Waals surface area (Å²) < 4.78 is 0. The van der Waals surface area contributed by atoms with Gasteiger partial charge in [0.1, 0.15) is 0 Å². The molecule has 0 heterocycles. The molecule has 0 radical (unpaired) electrons. The molecule has 0 aliphatic heterocycles. The van der Waals surface area contributed by atoms with Crippen molar-refractivity contribution in [2.45, 2.75) is 53.4 Å². The molecule has 0 unspecified atom stereocenters. The summed E-state index contributed by atoms with van der Waals surface area (Å²) in [5, 5.41) is 0. The summed E-state index contributed by atoms with van der Waals surface area (Å²) in [4.78, 5) is 0. The standard InChI is InChI=1S/C13H22/c1-11(2)9-5-12(3)6-10(11)8-13(12,4)7-9/h9-10H,5-8H2,1-4H3. The van der Waals surface area contributed by atoms with Crippen molar-refractivity contribution in [3.05, 3.63) is 0 Å². The molecular formula is C13H22. The molecule has 0 amide bonds. The normalized spacial score (nSPS) is 61.8. The average molecular weight is 178 g/mol. The van der Waals surface area contributed by atoms with E-state index in [2.05, 4.69) is 27.7 Å². The van der Waals surface area contributed by atoms with Gasteiger partial charge < -0.3 is 0 Å². The molecule has 0 aromatic rings. The third-order valence-corrected chi connectivity index (χ3v) is 6.35. The van der Waals surface area contributed by atoms with Crippen molar-refractivity contribution in [2.75, 3.05) is 0 Å². The Balaban J connectivity index is 2.09. The van der Waals surface area contributed by atoms with Crippen molar-refractivity contribution in [2.24, 2.45) is 28.1 Å².